The van der Waals surface area contributed by atoms with Crippen molar-refractivity contribution in [2.75, 3.05) is 19.7 Å². The van der Waals surface area contributed by atoms with Crippen molar-refractivity contribution >= 4 is 0 Å². The minimum absolute atomic E-state index is 0.0682. The maximum atomic E-state index is 14.4. The lowest BCUT2D eigenvalue weighted by atomic mass is 10.0. The van der Waals surface area contributed by atoms with E-state index in [4.69, 9.17) is 4.74 Å². The van der Waals surface area contributed by atoms with Gasteiger partial charge in [-0.25, -0.2) is 14.4 Å². The molecule has 5 heteroatoms. The van der Waals surface area contributed by atoms with Gasteiger partial charge in [-0.2, -0.15) is 0 Å². The molecule has 2 heterocycles. The number of nitrogens with one attached hydrogen (secondary N) is 1. The molecule has 1 aromatic carbocycles. The number of morpholine rings is 1. The van der Waals surface area contributed by atoms with Gasteiger partial charge in [0.2, 0.25) is 0 Å². The first-order valence-corrected chi connectivity index (χ1v) is 8.21. The number of hydrogen-bond acceptors (Lipinski definition) is 4. The summed E-state index contributed by atoms with van der Waals surface area (Å²) >= 11 is 0. The van der Waals surface area contributed by atoms with E-state index >= 15 is 0 Å². The average molecular weight is 313 g/mol. The maximum absolute atomic E-state index is 14.4. The van der Waals surface area contributed by atoms with E-state index in [-0.39, 0.29) is 11.9 Å². The van der Waals surface area contributed by atoms with Crippen LogP contribution in [0.3, 0.4) is 0 Å². The van der Waals surface area contributed by atoms with Gasteiger partial charge in [0.1, 0.15) is 11.6 Å². The zero-order valence-corrected chi connectivity index (χ0v) is 13.0. The number of nitrogens with zero attached hydrogens (tertiary/aromatic N) is 2. The van der Waals surface area contributed by atoms with E-state index in [0.717, 1.165) is 18.7 Å². The van der Waals surface area contributed by atoms with E-state index in [9.17, 15) is 4.39 Å². The summed E-state index contributed by atoms with van der Waals surface area (Å²) in [6.45, 7) is 2.24. The van der Waals surface area contributed by atoms with E-state index < -0.39 is 0 Å². The normalized spacial score (nSPS) is 21.3. The van der Waals surface area contributed by atoms with Crippen LogP contribution >= 0.6 is 0 Å². The maximum Gasteiger partial charge on any atom is 0.132 e. The molecule has 120 valence electrons. The van der Waals surface area contributed by atoms with Crippen LogP contribution in [-0.2, 0) is 11.2 Å². The van der Waals surface area contributed by atoms with E-state index in [2.05, 4.69) is 15.3 Å². The Hall–Kier alpha value is -1.85. The Labute approximate surface area is 135 Å². The van der Waals surface area contributed by atoms with Crippen molar-refractivity contribution in [3.63, 3.8) is 0 Å². The van der Waals surface area contributed by atoms with Crippen molar-refractivity contribution < 1.29 is 9.13 Å². The Balaban J connectivity index is 1.47. The fourth-order valence-corrected chi connectivity index (χ4v) is 2.94. The van der Waals surface area contributed by atoms with E-state index in [0.29, 0.717) is 30.3 Å². The van der Waals surface area contributed by atoms with Crippen LogP contribution < -0.4 is 5.32 Å². The summed E-state index contributed by atoms with van der Waals surface area (Å²) in [7, 11) is 0. The summed E-state index contributed by atoms with van der Waals surface area (Å²) in [5, 5.41) is 3.26. The Morgan fingerprint density at radius 3 is 2.65 bits per heavy atom. The third-order valence-electron chi connectivity index (χ3n) is 4.50. The molecule has 1 atom stereocenters. The molecule has 2 aromatic rings. The Kier molecular flexibility index (Phi) is 4.06. The molecule has 1 aliphatic carbocycles. The van der Waals surface area contributed by atoms with Crippen LogP contribution in [0.15, 0.2) is 30.6 Å². The van der Waals surface area contributed by atoms with Crippen molar-refractivity contribution in [2.45, 2.75) is 31.3 Å². The van der Waals surface area contributed by atoms with E-state index in [1.807, 2.05) is 24.5 Å². The minimum Gasteiger partial charge on any atom is -0.371 e. The van der Waals surface area contributed by atoms with Gasteiger partial charge in [-0.3, -0.25) is 0 Å². The van der Waals surface area contributed by atoms with Crippen LogP contribution in [-0.4, -0.2) is 29.7 Å². The molecular formula is C18H20FN3O. The molecule has 23 heavy (non-hydrogen) atoms. The largest absolute Gasteiger partial charge is 0.371 e. The van der Waals surface area contributed by atoms with Gasteiger partial charge in [0.05, 0.1) is 12.7 Å². The van der Waals surface area contributed by atoms with Crippen LogP contribution in [0, 0.1) is 5.82 Å². The summed E-state index contributed by atoms with van der Waals surface area (Å²) in [5.41, 5.74) is 2.70. The predicted octanol–water partition coefficient (Wildman–Crippen LogP) is 2.74. The molecule has 0 amide bonds. The van der Waals surface area contributed by atoms with Gasteiger partial charge in [0.25, 0.3) is 0 Å². The van der Waals surface area contributed by atoms with Crippen LogP contribution in [0.1, 0.15) is 47.4 Å². The quantitative estimate of drug-likeness (QED) is 0.943. The van der Waals surface area contributed by atoms with Crippen molar-refractivity contribution in [1.82, 2.24) is 15.3 Å². The lowest BCUT2D eigenvalue weighted by Crippen LogP contribution is -2.33. The van der Waals surface area contributed by atoms with Gasteiger partial charge < -0.3 is 10.1 Å². The predicted molar refractivity (Wildman–Crippen MR) is 84.8 cm³/mol. The molecule has 2 fully saturated rings. The summed E-state index contributed by atoms with van der Waals surface area (Å²) in [6, 6.07) is 5.33. The molecule has 0 spiro atoms. The molecule has 1 N–H and O–H groups in total. The first-order chi connectivity index (χ1) is 11.3. The van der Waals surface area contributed by atoms with Gasteiger partial charge in [-0.1, -0.05) is 12.1 Å². The zero-order chi connectivity index (χ0) is 15.6. The number of ether oxygens (including phenoxy) is 1. The minimum atomic E-state index is -0.216. The lowest BCUT2D eigenvalue weighted by Gasteiger charge is -2.24. The lowest BCUT2D eigenvalue weighted by molar-refractivity contribution is 0.0275. The number of benzene rings is 1. The molecule has 1 saturated heterocycles. The van der Waals surface area contributed by atoms with Gasteiger partial charge in [0, 0.05) is 31.9 Å². The molecule has 4 nitrogen and oxygen atoms in total. The summed E-state index contributed by atoms with van der Waals surface area (Å²) in [4.78, 5) is 8.75. The molecule has 1 aliphatic heterocycles. The molecule has 2 aliphatic rings. The molecule has 1 unspecified atom stereocenters. The first-order valence-electron chi connectivity index (χ1n) is 8.21. The molecule has 1 aromatic heterocycles. The second kappa shape index (κ2) is 6.34. The van der Waals surface area contributed by atoms with Crippen molar-refractivity contribution in [2.24, 2.45) is 0 Å². The second-order valence-corrected chi connectivity index (χ2v) is 6.30. The molecule has 4 rings (SSSR count). The topological polar surface area (TPSA) is 47.0 Å². The highest BCUT2D eigenvalue weighted by atomic mass is 19.1. The van der Waals surface area contributed by atoms with Crippen molar-refractivity contribution in [1.29, 1.82) is 0 Å². The third-order valence-corrected chi connectivity index (χ3v) is 4.50. The van der Waals surface area contributed by atoms with Gasteiger partial charge in [0.15, 0.2) is 0 Å². The average Bonchev–Trinajstić information content (AvgIpc) is 3.43. The summed E-state index contributed by atoms with van der Waals surface area (Å²) in [6.07, 6.45) is 6.58. The van der Waals surface area contributed by atoms with Gasteiger partial charge >= 0.3 is 0 Å². The SMILES string of the molecule is Fc1cc(C2CNCCO2)ccc1Cc1ncc(C2CC2)cn1. The number of hydrogen-bond donors (Lipinski definition) is 1. The Bertz CT molecular complexity index is 679. The van der Waals surface area contributed by atoms with Gasteiger partial charge in [-0.05, 0) is 41.5 Å². The van der Waals surface area contributed by atoms with Crippen LogP contribution in [0.5, 0.6) is 0 Å². The van der Waals surface area contributed by atoms with E-state index in [1.165, 1.54) is 18.4 Å². The van der Waals surface area contributed by atoms with Gasteiger partial charge in [-0.15, -0.1) is 0 Å². The highest BCUT2D eigenvalue weighted by Gasteiger charge is 2.24. The monoisotopic (exact) mass is 313 g/mol. The number of halogens is 1. The van der Waals surface area contributed by atoms with E-state index in [1.54, 1.807) is 6.07 Å². The molecule has 0 radical (unpaired) electrons. The molecule has 0 bridgehead atoms. The standard InChI is InChI=1S/C18H20FN3O/c19-16-7-14(17-11-20-5-6-23-17)4-3-13(16)8-18-21-9-15(10-22-18)12-1-2-12/h3-4,7,9-10,12,17,20H,1-2,5-6,8,11H2. The van der Waals surface area contributed by atoms with Crippen molar-refractivity contribution in [3.8, 4) is 0 Å². The Morgan fingerprint density at radius 2 is 2.00 bits per heavy atom. The fraction of sp³-hybridized carbons (Fsp3) is 0.444. The number of aromatic nitrogens is 2. The number of rotatable bonds is 4. The fourth-order valence-electron chi connectivity index (χ4n) is 2.94. The summed E-state index contributed by atoms with van der Waals surface area (Å²) in [5.74, 6) is 1.09. The molecular weight excluding hydrogens is 293 g/mol. The summed E-state index contributed by atoms with van der Waals surface area (Å²) < 4.78 is 20.0. The van der Waals surface area contributed by atoms with Crippen molar-refractivity contribution in [3.05, 3.63) is 58.9 Å². The Morgan fingerprint density at radius 1 is 1.17 bits per heavy atom. The highest BCUT2D eigenvalue weighted by molar-refractivity contribution is 5.29. The van der Waals surface area contributed by atoms with Crippen LogP contribution in [0.2, 0.25) is 0 Å². The smallest absolute Gasteiger partial charge is 0.132 e. The second-order valence-electron chi connectivity index (χ2n) is 6.30. The first kappa shape index (κ1) is 14.7. The van der Waals surface area contributed by atoms with Crippen LogP contribution in [0.25, 0.3) is 0 Å². The van der Waals surface area contributed by atoms with Crippen LogP contribution in [0.4, 0.5) is 4.39 Å². The molecule has 1 saturated carbocycles. The highest BCUT2D eigenvalue weighted by Crippen LogP contribution is 2.39. The third kappa shape index (κ3) is 3.41. The zero-order valence-electron chi connectivity index (χ0n) is 13.0.